The molecule has 6 heteroatoms. The third-order valence-corrected chi connectivity index (χ3v) is 5.63. The summed E-state index contributed by atoms with van der Waals surface area (Å²) in [5, 5.41) is 9.26. The number of anilines is 1. The first-order valence-corrected chi connectivity index (χ1v) is 9.99. The molecule has 2 amide bonds. The predicted molar refractivity (Wildman–Crippen MR) is 115 cm³/mol. The summed E-state index contributed by atoms with van der Waals surface area (Å²) in [6.45, 7) is 2.05. The molecule has 2 aliphatic heterocycles. The standard InChI is InChI=1S/C23H26N4O2/c1-24-22(28)16-8-9-19-18(14-16)20(23(29)26-19)21(15-6-4-3-5-7-15)25-17-10-12-27(2)13-11-17/h3-9,14,17,25H,10-13H2,1-2H3,(H,24,28)(H,26,29)/b21-20-. The third kappa shape index (κ3) is 3.89. The van der Waals surface area contributed by atoms with Gasteiger partial charge in [0, 0.05) is 29.9 Å². The quantitative estimate of drug-likeness (QED) is 0.702. The van der Waals surface area contributed by atoms with E-state index in [4.69, 9.17) is 0 Å². The van der Waals surface area contributed by atoms with Crippen molar-refractivity contribution in [2.75, 3.05) is 32.5 Å². The first kappa shape index (κ1) is 19.2. The second kappa shape index (κ2) is 8.09. The van der Waals surface area contributed by atoms with Crippen molar-refractivity contribution in [1.29, 1.82) is 0 Å². The summed E-state index contributed by atoms with van der Waals surface area (Å²) in [5.74, 6) is -0.315. The van der Waals surface area contributed by atoms with Gasteiger partial charge in [-0.3, -0.25) is 9.59 Å². The van der Waals surface area contributed by atoms with Gasteiger partial charge in [0.2, 0.25) is 0 Å². The number of carbonyl (C=O) groups is 2. The van der Waals surface area contributed by atoms with Gasteiger partial charge < -0.3 is 20.9 Å². The van der Waals surface area contributed by atoms with Gasteiger partial charge in [-0.15, -0.1) is 0 Å². The van der Waals surface area contributed by atoms with Crippen molar-refractivity contribution in [1.82, 2.24) is 15.5 Å². The molecule has 0 aliphatic carbocycles. The van der Waals surface area contributed by atoms with Crippen molar-refractivity contribution in [2.24, 2.45) is 0 Å². The average molecular weight is 390 g/mol. The number of nitrogens with one attached hydrogen (secondary N) is 3. The molecule has 0 saturated carbocycles. The summed E-state index contributed by atoms with van der Waals surface area (Å²) >= 11 is 0. The molecule has 2 aliphatic rings. The number of hydrogen-bond donors (Lipinski definition) is 3. The SMILES string of the molecule is CNC(=O)c1ccc2c(c1)/C(=C(/NC1CCN(C)CC1)c1ccccc1)C(=O)N2. The highest BCUT2D eigenvalue weighted by Gasteiger charge is 2.30. The van der Waals surface area contributed by atoms with E-state index in [1.165, 1.54) is 0 Å². The van der Waals surface area contributed by atoms with Gasteiger partial charge in [-0.05, 0) is 56.7 Å². The van der Waals surface area contributed by atoms with Crippen LogP contribution in [0.1, 0.15) is 34.3 Å². The molecule has 2 heterocycles. The Bertz CT molecular complexity index is 960. The van der Waals surface area contributed by atoms with Crippen molar-refractivity contribution in [3.05, 3.63) is 65.2 Å². The Kier molecular flexibility index (Phi) is 5.36. The maximum Gasteiger partial charge on any atom is 0.258 e. The first-order chi connectivity index (χ1) is 14.1. The van der Waals surface area contributed by atoms with E-state index in [0.717, 1.165) is 48.4 Å². The Morgan fingerprint density at radius 2 is 1.79 bits per heavy atom. The van der Waals surface area contributed by atoms with Gasteiger partial charge >= 0.3 is 0 Å². The lowest BCUT2D eigenvalue weighted by Crippen LogP contribution is -2.40. The Balaban J connectivity index is 1.81. The highest BCUT2D eigenvalue weighted by molar-refractivity contribution is 6.36. The molecule has 150 valence electrons. The lowest BCUT2D eigenvalue weighted by Gasteiger charge is -2.31. The molecule has 1 saturated heterocycles. The van der Waals surface area contributed by atoms with E-state index < -0.39 is 0 Å². The van der Waals surface area contributed by atoms with Crippen molar-refractivity contribution in [2.45, 2.75) is 18.9 Å². The van der Waals surface area contributed by atoms with Crippen LogP contribution >= 0.6 is 0 Å². The molecule has 6 nitrogen and oxygen atoms in total. The van der Waals surface area contributed by atoms with Crippen LogP contribution in [-0.4, -0.2) is 49.9 Å². The van der Waals surface area contributed by atoms with Crippen molar-refractivity contribution in [3.8, 4) is 0 Å². The topological polar surface area (TPSA) is 73.5 Å². The first-order valence-electron chi connectivity index (χ1n) is 9.99. The number of benzene rings is 2. The highest BCUT2D eigenvalue weighted by Crippen LogP contribution is 2.37. The van der Waals surface area contributed by atoms with E-state index in [1.54, 1.807) is 25.2 Å². The molecule has 3 N–H and O–H groups in total. The minimum atomic E-state index is -0.170. The second-order valence-electron chi connectivity index (χ2n) is 7.63. The van der Waals surface area contributed by atoms with Crippen LogP contribution < -0.4 is 16.0 Å². The number of amides is 2. The zero-order valence-electron chi connectivity index (χ0n) is 16.8. The Morgan fingerprint density at radius 3 is 2.48 bits per heavy atom. The lowest BCUT2D eigenvalue weighted by molar-refractivity contribution is -0.110. The molecule has 0 radical (unpaired) electrons. The number of piperidine rings is 1. The minimum Gasteiger partial charge on any atom is -0.381 e. The van der Waals surface area contributed by atoms with E-state index in [1.807, 2.05) is 30.3 Å². The minimum absolute atomic E-state index is 0.145. The summed E-state index contributed by atoms with van der Waals surface area (Å²) in [5.41, 5.74) is 4.41. The van der Waals surface area contributed by atoms with Gasteiger partial charge in [0.25, 0.3) is 11.8 Å². The fourth-order valence-corrected chi connectivity index (χ4v) is 3.96. The average Bonchev–Trinajstić information content (AvgIpc) is 3.08. The zero-order valence-corrected chi connectivity index (χ0v) is 16.8. The molecule has 2 aromatic carbocycles. The monoisotopic (exact) mass is 390 g/mol. The number of rotatable bonds is 4. The van der Waals surface area contributed by atoms with Crippen LogP contribution in [0.4, 0.5) is 5.69 Å². The van der Waals surface area contributed by atoms with Gasteiger partial charge in [0.1, 0.15) is 0 Å². The molecular formula is C23H26N4O2. The molecule has 29 heavy (non-hydrogen) atoms. The second-order valence-corrected chi connectivity index (χ2v) is 7.63. The fourth-order valence-electron chi connectivity index (χ4n) is 3.96. The van der Waals surface area contributed by atoms with E-state index >= 15 is 0 Å². The maximum absolute atomic E-state index is 13.0. The molecule has 2 aromatic rings. The molecular weight excluding hydrogens is 364 g/mol. The van der Waals surface area contributed by atoms with Gasteiger partial charge in [0.05, 0.1) is 11.3 Å². The van der Waals surface area contributed by atoms with Crippen LogP contribution in [0.25, 0.3) is 11.3 Å². The normalized spacial score (nSPS) is 18.8. The van der Waals surface area contributed by atoms with E-state index in [2.05, 4.69) is 27.9 Å². The number of likely N-dealkylation sites (tertiary alicyclic amines) is 1. The number of hydrogen-bond acceptors (Lipinski definition) is 4. The van der Waals surface area contributed by atoms with E-state index in [-0.39, 0.29) is 11.8 Å². The summed E-state index contributed by atoms with van der Waals surface area (Å²) < 4.78 is 0. The van der Waals surface area contributed by atoms with Crippen LogP contribution in [0.5, 0.6) is 0 Å². The predicted octanol–water partition coefficient (Wildman–Crippen LogP) is 2.55. The Hall–Kier alpha value is -3.12. The van der Waals surface area contributed by atoms with Crippen molar-refractivity contribution in [3.63, 3.8) is 0 Å². The summed E-state index contributed by atoms with van der Waals surface area (Å²) in [7, 11) is 3.74. The Morgan fingerprint density at radius 1 is 1.07 bits per heavy atom. The van der Waals surface area contributed by atoms with Crippen molar-refractivity contribution < 1.29 is 9.59 Å². The summed E-state index contributed by atoms with van der Waals surface area (Å²) in [4.78, 5) is 27.4. The van der Waals surface area contributed by atoms with Gasteiger partial charge in [-0.2, -0.15) is 0 Å². The van der Waals surface area contributed by atoms with Gasteiger partial charge in [-0.25, -0.2) is 0 Å². The van der Waals surface area contributed by atoms with Crippen LogP contribution in [0.3, 0.4) is 0 Å². The molecule has 0 atom stereocenters. The van der Waals surface area contributed by atoms with Gasteiger partial charge in [-0.1, -0.05) is 30.3 Å². The largest absolute Gasteiger partial charge is 0.381 e. The highest BCUT2D eigenvalue weighted by atomic mass is 16.2. The third-order valence-electron chi connectivity index (χ3n) is 5.63. The molecule has 0 spiro atoms. The molecule has 0 aromatic heterocycles. The smallest absolute Gasteiger partial charge is 0.258 e. The lowest BCUT2D eigenvalue weighted by atomic mass is 9.96. The van der Waals surface area contributed by atoms with Crippen LogP contribution in [0, 0.1) is 0 Å². The summed E-state index contributed by atoms with van der Waals surface area (Å²) in [6, 6.07) is 15.6. The zero-order chi connectivity index (χ0) is 20.4. The van der Waals surface area contributed by atoms with Crippen LogP contribution in [-0.2, 0) is 4.79 Å². The number of carbonyl (C=O) groups excluding carboxylic acids is 2. The fraction of sp³-hybridized carbons (Fsp3) is 0.304. The van der Waals surface area contributed by atoms with Gasteiger partial charge in [0.15, 0.2) is 0 Å². The summed E-state index contributed by atoms with van der Waals surface area (Å²) in [6.07, 6.45) is 2.04. The maximum atomic E-state index is 13.0. The van der Waals surface area contributed by atoms with Crippen LogP contribution in [0.15, 0.2) is 48.5 Å². The number of nitrogens with zero attached hydrogens (tertiary/aromatic N) is 1. The molecule has 0 bridgehead atoms. The molecule has 1 fully saturated rings. The van der Waals surface area contributed by atoms with E-state index in [9.17, 15) is 9.59 Å². The Labute approximate surface area is 171 Å². The molecule has 4 rings (SSSR count). The van der Waals surface area contributed by atoms with Crippen LogP contribution in [0.2, 0.25) is 0 Å². The van der Waals surface area contributed by atoms with Crippen molar-refractivity contribution >= 4 is 28.8 Å². The number of fused-ring (bicyclic) bond motifs is 1. The molecule has 0 unspecified atom stereocenters. The van der Waals surface area contributed by atoms with E-state index in [0.29, 0.717) is 17.2 Å².